The Labute approximate surface area is 155 Å². The van der Waals surface area contributed by atoms with Crippen LogP contribution >= 0.6 is 0 Å². The van der Waals surface area contributed by atoms with Gasteiger partial charge in [-0.15, -0.1) is 0 Å². The minimum absolute atomic E-state index is 0.0887. The fraction of sp³-hybridized carbons (Fsp3) is 0.526. The van der Waals surface area contributed by atoms with Crippen LogP contribution in [0.25, 0.3) is 0 Å². The molecule has 2 unspecified atom stereocenters. The van der Waals surface area contributed by atoms with Crippen molar-refractivity contribution in [3.8, 4) is 5.75 Å². The van der Waals surface area contributed by atoms with Gasteiger partial charge in [0.05, 0.1) is 13.0 Å². The van der Waals surface area contributed by atoms with Gasteiger partial charge < -0.3 is 4.74 Å². The van der Waals surface area contributed by atoms with Crippen molar-refractivity contribution in [3.63, 3.8) is 0 Å². The normalized spacial score (nSPS) is 20.4. The topological polar surface area (TPSA) is 57.0 Å². The van der Waals surface area contributed by atoms with Crippen molar-refractivity contribution in [2.75, 3.05) is 6.61 Å². The lowest BCUT2D eigenvalue weighted by molar-refractivity contribution is -0.137. The number of rotatable bonds is 7. The monoisotopic (exact) mass is 381 g/mol. The molecule has 8 heteroatoms. The van der Waals surface area contributed by atoms with Crippen molar-refractivity contribution in [1.82, 2.24) is 14.8 Å². The van der Waals surface area contributed by atoms with Gasteiger partial charge in [0, 0.05) is 36.5 Å². The molecule has 3 rings (SSSR count). The van der Waals surface area contributed by atoms with E-state index in [2.05, 4.69) is 10.1 Å². The lowest BCUT2D eigenvalue weighted by Gasteiger charge is -2.32. The summed E-state index contributed by atoms with van der Waals surface area (Å²) in [7, 11) is 0. The molecule has 0 amide bonds. The second-order valence-electron chi connectivity index (χ2n) is 6.81. The lowest BCUT2D eigenvalue weighted by atomic mass is 9.78. The van der Waals surface area contributed by atoms with E-state index >= 15 is 0 Å². The molecule has 0 aliphatic heterocycles. The number of pyridine rings is 1. The first-order valence-corrected chi connectivity index (χ1v) is 9.09. The molecule has 0 saturated heterocycles. The van der Waals surface area contributed by atoms with Crippen LogP contribution in [-0.2, 0) is 6.54 Å². The number of aryl methyl sites for hydroxylation is 1. The third-order valence-corrected chi connectivity index (χ3v) is 5.01. The Balaban J connectivity index is 1.71. The molecular weight excluding hydrogens is 359 g/mol. The Bertz CT molecular complexity index is 761. The van der Waals surface area contributed by atoms with Gasteiger partial charge in [-0.1, -0.05) is 12.8 Å². The SMILES string of the molecule is O=Cc1ncccc1OCC1CCCCC1c1ccnn1CCC(F)(F)F. The number of alkyl halides is 3. The number of aromatic nitrogens is 3. The van der Waals surface area contributed by atoms with Crippen LogP contribution in [0.2, 0.25) is 0 Å². The van der Waals surface area contributed by atoms with Crippen LogP contribution in [-0.4, -0.2) is 33.8 Å². The van der Waals surface area contributed by atoms with E-state index in [9.17, 15) is 18.0 Å². The molecule has 1 aliphatic rings. The van der Waals surface area contributed by atoms with Crippen molar-refractivity contribution in [1.29, 1.82) is 0 Å². The number of ether oxygens (including phenoxy) is 1. The molecule has 2 atom stereocenters. The fourth-order valence-corrected chi connectivity index (χ4v) is 3.68. The zero-order valence-electron chi connectivity index (χ0n) is 14.9. The van der Waals surface area contributed by atoms with E-state index in [1.807, 2.05) is 0 Å². The number of carbonyl (C=O) groups excluding carboxylic acids is 1. The summed E-state index contributed by atoms with van der Waals surface area (Å²) in [4.78, 5) is 15.1. The van der Waals surface area contributed by atoms with Crippen LogP contribution in [0.15, 0.2) is 30.6 Å². The van der Waals surface area contributed by atoms with Gasteiger partial charge in [0.2, 0.25) is 0 Å². The van der Waals surface area contributed by atoms with E-state index in [-0.39, 0.29) is 24.1 Å². The number of hydrogen-bond donors (Lipinski definition) is 0. The Morgan fingerprint density at radius 1 is 1.22 bits per heavy atom. The molecule has 5 nitrogen and oxygen atoms in total. The largest absolute Gasteiger partial charge is 0.491 e. The van der Waals surface area contributed by atoms with Crippen LogP contribution in [0, 0.1) is 5.92 Å². The number of aldehydes is 1. The molecule has 2 aromatic rings. The number of nitrogens with zero attached hydrogens (tertiary/aromatic N) is 3. The molecule has 2 aromatic heterocycles. The number of hydrogen-bond acceptors (Lipinski definition) is 4. The number of halogens is 3. The van der Waals surface area contributed by atoms with Gasteiger partial charge >= 0.3 is 6.18 Å². The van der Waals surface area contributed by atoms with Crippen molar-refractivity contribution in [2.45, 2.75) is 50.7 Å². The third-order valence-electron chi connectivity index (χ3n) is 5.01. The zero-order chi connectivity index (χ0) is 19.3. The Morgan fingerprint density at radius 3 is 2.81 bits per heavy atom. The van der Waals surface area contributed by atoms with E-state index in [1.165, 1.54) is 10.9 Å². The average Bonchev–Trinajstić information content (AvgIpc) is 3.13. The highest BCUT2D eigenvalue weighted by Gasteiger charge is 2.31. The molecule has 27 heavy (non-hydrogen) atoms. The van der Waals surface area contributed by atoms with Crippen LogP contribution in [0.5, 0.6) is 5.75 Å². The van der Waals surface area contributed by atoms with Crippen LogP contribution in [0.4, 0.5) is 13.2 Å². The highest BCUT2D eigenvalue weighted by Crippen LogP contribution is 2.38. The lowest BCUT2D eigenvalue weighted by Crippen LogP contribution is -2.26. The fourth-order valence-electron chi connectivity index (χ4n) is 3.68. The summed E-state index contributed by atoms with van der Waals surface area (Å²) in [6.07, 6.45) is 2.53. The van der Waals surface area contributed by atoms with Crippen molar-refractivity contribution in [3.05, 3.63) is 42.0 Å². The van der Waals surface area contributed by atoms with Gasteiger partial charge in [0.1, 0.15) is 11.4 Å². The molecule has 0 radical (unpaired) electrons. The van der Waals surface area contributed by atoms with E-state index in [1.54, 1.807) is 24.4 Å². The van der Waals surface area contributed by atoms with Gasteiger partial charge in [-0.2, -0.15) is 18.3 Å². The first kappa shape index (κ1) is 19.4. The molecule has 0 spiro atoms. The van der Waals surface area contributed by atoms with Gasteiger partial charge in [-0.3, -0.25) is 9.48 Å². The van der Waals surface area contributed by atoms with E-state index in [0.717, 1.165) is 31.4 Å². The second kappa shape index (κ2) is 8.54. The molecular formula is C19H22F3N3O2. The summed E-state index contributed by atoms with van der Waals surface area (Å²) in [5, 5.41) is 4.09. The molecule has 2 heterocycles. The van der Waals surface area contributed by atoms with Gasteiger partial charge in [0.15, 0.2) is 6.29 Å². The minimum Gasteiger partial charge on any atom is -0.491 e. The highest BCUT2D eigenvalue weighted by molar-refractivity contribution is 5.75. The maximum Gasteiger partial charge on any atom is 0.390 e. The van der Waals surface area contributed by atoms with Crippen molar-refractivity contribution < 1.29 is 22.7 Å². The first-order valence-electron chi connectivity index (χ1n) is 9.09. The maximum atomic E-state index is 12.6. The van der Waals surface area contributed by atoms with Crippen LogP contribution < -0.4 is 4.74 Å². The Hall–Kier alpha value is -2.38. The predicted molar refractivity (Wildman–Crippen MR) is 92.7 cm³/mol. The third kappa shape index (κ3) is 5.08. The molecule has 0 bridgehead atoms. The molecule has 1 saturated carbocycles. The van der Waals surface area contributed by atoms with Crippen LogP contribution in [0.1, 0.15) is 54.2 Å². The smallest absolute Gasteiger partial charge is 0.390 e. The van der Waals surface area contributed by atoms with E-state index in [4.69, 9.17) is 4.74 Å². The van der Waals surface area contributed by atoms with Crippen molar-refractivity contribution in [2.24, 2.45) is 5.92 Å². The van der Waals surface area contributed by atoms with Crippen LogP contribution in [0.3, 0.4) is 0 Å². The number of carbonyl (C=O) groups is 1. The van der Waals surface area contributed by atoms with Gasteiger partial charge in [-0.25, -0.2) is 4.98 Å². The van der Waals surface area contributed by atoms with E-state index in [0.29, 0.717) is 18.6 Å². The summed E-state index contributed by atoms with van der Waals surface area (Å²) < 4.78 is 45.1. The Morgan fingerprint density at radius 2 is 2.04 bits per heavy atom. The molecule has 0 aromatic carbocycles. The Kier molecular flexibility index (Phi) is 6.13. The maximum absolute atomic E-state index is 12.6. The summed E-state index contributed by atoms with van der Waals surface area (Å²) in [6, 6.07) is 5.20. The first-order chi connectivity index (χ1) is 13.0. The molecule has 1 fully saturated rings. The molecule has 146 valence electrons. The standard InChI is InChI=1S/C19H22F3N3O2/c20-19(21,22)8-11-25-17(7-10-24-25)15-5-2-1-4-14(15)13-27-18-6-3-9-23-16(18)12-26/h3,6-7,9-10,12,14-15H,1-2,4-5,8,11,13H2. The quantitative estimate of drug-likeness (QED) is 0.667. The average molecular weight is 381 g/mol. The summed E-state index contributed by atoms with van der Waals surface area (Å²) in [5.74, 6) is 0.674. The molecule has 0 N–H and O–H groups in total. The zero-order valence-corrected chi connectivity index (χ0v) is 14.9. The predicted octanol–water partition coefficient (Wildman–Crippen LogP) is 4.40. The van der Waals surface area contributed by atoms with Crippen molar-refractivity contribution >= 4 is 6.29 Å². The minimum atomic E-state index is -4.20. The summed E-state index contributed by atoms with van der Waals surface area (Å²) in [6.45, 7) is 0.218. The van der Waals surface area contributed by atoms with E-state index < -0.39 is 12.6 Å². The van der Waals surface area contributed by atoms with Gasteiger partial charge in [0.25, 0.3) is 0 Å². The molecule has 1 aliphatic carbocycles. The second-order valence-corrected chi connectivity index (χ2v) is 6.81. The highest BCUT2D eigenvalue weighted by atomic mass is 19.4. The summed E-state index contributed by atoms with van der Waals surface area (Å²) >= 11 is 0. The van der Waals surface area contributed by atoms with Gasteiger partial charge in [-0.05, 0) is 31.0 Å². The summed E-state index contributed by atoms with van der Waals surface area (Å²) in [5.41, 5.74) is 1.08.